The highest BCUT2D eigenvalue weighted by molar-refractivity contribution is 7.80. The summed E-state index contributed by atoms with van der Waals surface area (Å²) in [4.78, 5) is 23.5. The van der Waals surface area contributed by atoms with Crippen molar-refractivity contribution >= 4 is 51.9 Å². The van der Waals surface area contributed by atoms with Crippen LogP contribution in [0.4, 0.5) is 11.4 Å². The monoisotopic (exact) mass is 319 g/mol. The lowest BCUT2D eigenvalue weighted by Gasteiger charge is -2.10. The van der Waals surface area contributed by atoms with Gasteiger partial charge in [-0.25, -0.2) is 0 Å². The van der Waals surface area contributed by atoms with Gasteiger partial charge in [0.25, 0.3) is 5.91 Å². The van der Waals surface area contributed by atoms with E-state index in [1.165, 1.54) is 18.3 Å². The fourth-order valence-corrected chi connectivity index (χ4v) is 2.48. The molecule has 2 aromatic rings. The Balaban J connectivity index is 2.02. The summed E-state index contributed by atoms with van der Waals surface area (Å²) >= 11 is 6.36. The van der Waals surface area contributed by atoms with Gasteiger partial charge in [-0.3, -0.25) is 9.59 Å². The molecule has 21 heavy (non-hydrogen) atoms. The first-order valence-electron chi connectivity index (χ1n) is 6.08. The minimum absolute atomic E-state index is 0.161. The van der Waals surface area contributed by atoms with Gasteiger partial charge in [-0.15, -0.1) is 11.3 Å². The second-order valence-electron chi connectivity index (χ2n) is 4.15. The maximum absolute atomic E-state index is 12.0. The van der Waals surface area contributed by atoms with E-state index in [1.807, 2.05) is 11.4 Å². The van der Waals surface area contributed by atoms with Crippen LogP contribution in [-0.4, -0.2) is 16.9 Å². The van der Waals surface area contributed by atoms with Crippen LogP contribution in [0.5, 0.6) is 0 Å². The topological polar surface area (TPSA) is 70.2 Å². The molecule has 3 N–H and O–H groups in total. The second kappa shape index (κ2) is 6.96. The number of hydrogen-bond acceptors (Lipinski definition) is 4. The second-order valence-corrected chi connectivity index (χ2v) is 5.50. The van der Waals surface area contributed by atoms with Gasteiger partial charge < -0.3 is 16.0 Å². The van der Waals surface area contributed by atoms with E-state index in [9.17, 15) is 9.59 Å². The highest BCUT2D eigenvalue weighted by Gasteiger charge is 2.07. The van der Waals surface area contributed by atoms with Gasteiger partial charge >= 0.3 is 0 Å². The van der Waals surface area contributed by atoms with E-state index in [4.69, 9.17) is 12.2 Å². The molecule has 0 radical (unpaired) electrons. The number of carbonyl (C=O) groups is 2. The van der Waals surface area contributed by atoms with E-state index < -0.39 is 0 Å². The minimum Gasteiger partial charge on any atom is -0.332 e. The Morgan fingerprint density at radius 3 is 2.43 bits per heavy atom. The summed E-state index contributed by atoms with van der Waals surface area (Å²) in [7, 11) is 0. The molecule has 1 heterocycles. The largest absolute Gasteiger partial charge is 0.332 e. The number of thiocarbonyl (C=S) groups is 1. The molecule has 5 nitrogen and oxygen atoms in total. The average molecular weight is 319 g/mol. The van der Waals surface area contributed by atoms with E-state index >= 15 is 0 Å². The van der Waals surface area contributed by atoms with Crippen LogP contribution < -0.4 is 16.0 Å². The maximum atomic E-state index is 12.0. The molecule has 1 aromatic heterocycles. The van der Waals surface area contributed by atoms with Gasteiger partial charge in [0.1, 0.15) is 0 Å². The molecule has 2 amide bonds. The van der Waals surface area contributed by atoms with Gasteiger partial charge in [0.2, 0.25) is 5.91 Å². The molecule has 7 heteroatoms. The molecule has 0 saturated carbocycles. The van der Waals surface area contributed by atoms with Crippen LogP contribution in [0.15, 0.2) is 41.8 Å². The molecular weight excluding hydrogens is 306 g/mol. The third kappa shape index (κ3) is 4.66. The van der Waals surface area contributed by atoms with Crippen molar-refractivity contribution < 1.29 is 9.59 Å². The van der Waals surface area contributed by atoms with Crippen molar-refractivity contribution in [2.45, 2.75) is 6.92 Å². The van der Waals surface area contributed by atoms with Crippen molar-refractivity contribution in [2.24, 2.45) is 0 Å². The van der Waals surface area contributed by atoms with Gasteiger partial charge in [-0.1, -0.05) is 12.1 Å². The highest BCUT2D eigenvalue weighted by Crippen LogP contribution is 2.17. The highest BCUT2D eigenvalue weighted by atomic mass is 32.1. The molecule has 0 fully saturated rings. The standard InChI is InChI=1S/C14H13N3O2S2/c1-9(18)15-14(20)17-11-5-2-4-10(8-11)16-13(19)12-6-3-7-21-12/h2-8H,1H3,(H,16,19)(H2,15,17,18,20). The number of thiophene rings is 1. The van der Waals surface area contributed by atoms with Crippen molar-refractivity contribution in [1.82, 2.24) is 5.32 Å². The zero-order chi connectivity index (χ0) is 15.2. The van der Waals surface area contributed by atoms with Crippen LogP contribution >= 0.6 is 23.6 Å². The fourth-order valence-electron chi connectivity index (χ4n) is 1.60. The Kier molecular flexibility index (Phi) is 5.02. The quantitative estimate of drug-likeness (QED) is 0.761. The van der Waals surface area contributed by atoms with E-state index in [-0.39, 0.29) is 16.9 Å². The molecule has 0 unspecified atom stereocenters. The SMILES string of the molecule is CC(=O)NC(=S)Nc1cccc(NC(=O)c2cccs2)c1. The predicted molar refractivity (Wildman–Crippen MR) is 88.8 cm³/mol. The smallest absolute Gasteiger partial charge is 0.265 e. The normalized spacial score (nSPS) is 9.76. The first-order chi connectivity index (χ1) is 10.0. The molecule has 1 aromatic carbocycles. The lowest BCUT2D eigenvalue weighted by Crippen LogP contribution is -2.32. The van der Waals surface area contributed by atoms with Gasteiger partial charge in [-0.05, 0) is 41.9 Å². The van der Waals surface area contributed by atoms with Crippen molar-refractivity contribution in [3.05, 3.63) is 46.7 Å². The average Bonchev–Trinajstić information content (AvgIpc) is 2.91. The summed E-state index contributed by atoms with van der Waals surface area (Å²) in [5.74, 6) is -0.402. The van der Waals surface area contributed by atoms with Gasteiger partial charge in [0.05, 0.1) is 4.88 Å². The number of nitrogens with one attached hydrogen (secondary N) is 3. The molecule has 0 atom stereocenters. The first-order valence-corrected chi connectivity index (χ1v) is 7.37. The molecule has 0 aliphatic carbocycles. The van der Waals surface area contributed by atoms with E-state index in [0.29, 0.717) is 16.3 Å². The van der Waals surface area contributed by atoms with Crippen LogP contribution in [0.1, 0.15) is 16.6 Å². The number of anilines is 2. The molecule has 0 spiro atoms. The number of hydrogen-bond donors (Lipinski definition) is 3. The van der Waals surface area contributed by atoms with Gasteiger partial charge in [-0.2, -0.15) is 0 Å². The van der Waals surface area contributed by atoms with Crippen molar-refractivity contribution in [2.75, 3.05) is 10.6 Å². The Morgan fingerprint density at radius 1 is 1.10 bits per heavy atom. The predicted octanol–water partition coefficient (Wildman–Crippen LogP) is 2.83. The van der Waals surface area contributed by atoms with Crippen LogP contribution in [0.25, 0.3) is 0 Å². The summed E-state index contributed by atoms with van der Waals surface area (Å²) in [6.45, 7) is 1.38. The summed E-state index contributed by atoms with van der Waals surface area (Å²) in [6, 6.07) is 10.7. The van der Waals surface area contributed by atoms with Crippen molar-refractivity contribution in [3.8, 4) is 0 Å². The third-order valence-electron chi connectivity index (χ3n) is 2.41. The summed E-state index contributed by atoms with van der Waals surface area (Å²) < 4.78 is 0. The third-order valence-corrected chi connectivity index (χ3v) is 3.49. The summed E-state index contributed by atoms with van der Waals surface area (Å²) in [6.07, 6.45) is 0. The molecule has 0 saturated heterocycles. The van der Waals surface area contributed by atoms with Crippen molar-refractivity contribution in [1.29, 1.82) is 0 Å². The summed E-state index contributed by atoms with van der Waals surface area (Å²) in [5, 5.41) is 10.2. The Labute approximate surface area is 131 Å². The van der Waals surface area contributed by atoms with Gasteiger partial charge in [0, 0.05) is 18.3 Å². The lowest BCUT2D eigenvalue weighted by molar-refractivity contribution is -0.117. The number of carbonyl (C=O) groups excluding carboxylic acids is 2. The van der Waals surface area contributed by atoms with E-state index in [2.05, 4.69) is 16.0 Å². The zero-order valence-electron chi connectivity index (χ0n) is 11.2. The zero-order valence-corrected chi connectivity index (χ0v) is 12.8. The minimum atomic E-state index is -0.241. The van der Waals surface area contributed by atoms with E-state index in [0.717, 1.165) is 0 Å². The number of rotatable bonds is 3. The lowest BCUT2D eigenvalue weighted by atomic mass is 10.2. The molecule has 2 rings (SSSR count). The molecular formula is C14H13N3O2S2. The molecule has 0 bridgehead atoms. The molecule has 108 valence electrons. The van der Waals surface area contributed by atoms with Crippen LogP contribution in [-0.2, 0) is 4.79 Å². The molecule has 0 aliphatic heterocycles. The van der Waals surface area contributed by atoms with Crippen LogP contribution in [0.3, 0.4) is 0 Å². The Bertz CT molecular complexity index is 669. The Morgan fingerprint density at radius 2 is 1.81 bits per heavy atom. The van der Waals surface area contributed by atoms with Crippen LogP contribution in [0.2, 0.25) is 0 Å². The number of benzene rings is 1. The summed E-state index contributed by atoms with van der Waals surface area (Å²) in [5.41, 5.74) is 1.32. The first kappa shape index (κ1) is 15.1. The van der Waals surface area contributed by atoms with Crippen molar-refractivity contribution in [3.63, 3.8) is 0 Å². The fraction of sp³-hybridized carbons (Fsp3) is 0.0714. The van der Waals surface area contributed by atoms with E-state index in [1.54, 1.807) is 30.3 Å². The van der Waals surface area contributed by atoms with Gasteiger partial charge in [0.15, 0.2) is 5.11 Å². The number of amides is 2. The molecule has 0 aliphatic rings. The van der Waals surface area contributed by atoms with Crippen LogP contribution in [0, 0.1) is 0 Å². The Hall–Kier alpha value is -2.25. The maximum Gasteiger partial charge on any atom is 0.265 e.